The molecule has 0 atom stereocenters. The first-order valence-electron chi connectivity index (χ1n) is 4.66. The molecular weight excluding hydrogens is 209 g/mol. The lowest BCUT2D eigenvalue weighted by Crippen LogP contribution is -1.79. The van der Waals surface area contributed by atoms with Gasteiger partial charge in [0.05, 0.1) is 5.56 Å². The van der Waals surface area contributed by atoms with Crippen LogP contribution >= 0.6 is 0 Å². The molecule has 16 heavy (non-hydrogen) atoms. The second-order valence-electron chi connectivity index (χ2n) is 3.22. The zero-order chi connectivity index (χ0) is 11.0. The highest BCUT2D eigenvalue weighted by Crippen LogP contribution is 2.21. The number of pyridine rings is 2. The Bertz CT molecular complexity index is 636. The van der Waals surface area contributed by atoms with Gasteiger partial charge in [-0.2, -0.15) is 9.37 Å². The Morgan fingerprint density at radius 1 is 1.12 bits per heavy atom. The van der Waals surface area contributed by atoms with Crippen molar-refractivity contribution in [1.29, 1.82) is 0 Å². The molecule has 3 rings (SSSR count). The van der Waals surface area contributed by atoms with Crippen molar-refractivity contribution in [2.45, 2.75) is 0 Å². The molecule has 0 bridgehead atoms. The van der Waals surface area contributed by atoms with E-state index in [2.05, 4.69) is 15.0 Å². The number of halogens is 1. The molecule has 3 heterocycles. The fourth-order valence-corrected chi connectivity index (χ4v) is 1.41. The first-order chi connectivity index (χ1) is 7.83. The Labute approximate surface area is 89.8 Å². The van der Waals surface area contributed by atoms with E-state index in [1.807, 2.05) is 6.07 Å². The Balaban J connectivity index is 2.19. The van der Waals surface area contributed by atoms with Gasteiger partial charge in [-0.05, 0) is 24.3 Å². The maximum absolute atomic E-state index is 12.8. The van der Waals surface area contributed by atoms with Crippen molar-refractivity contribution in [3.8, 4) is 11.5 Å². The van der Waals surface area contributed by atoms with Gasteiger partial charge in [-0.3, -0.25) is 4.98 Å². The Morgan fingerprint density at radius 2 is 2.06 bits per heavy atom. The summed E-state index contributed by atoms with van der Waals surface area (Å²) in [5, 5.41) is 0. The summed E-state index contributed by atoms with van der Waals surface area (Å²) in [4.78, 5) is 11.7. The molecule has 0 aliphatic rings. The number of nitrogens with zero attached hydrogens (tertiary/aromatic N) is 3. The van der Waals surface area contributed by atoms with E-state index in [1.54, 1.807) is 18.5 Å². The quantitative estimate of drug-likeness (QED) is 0.585. The third-order valence-corrected chi connectivity index (χ3v) is 2.13. The van der Waals surface area contributed by atoms with Gasteiger partial charge in [0.1, 0.15) is 5.52 Å². The van der Waals surface area contributed by atoms with Gasteiger partial charge in [-0.25, -0.2) is 4.98 Å². The largest absolute Gasteiger partial charge is 0.418 e. The minimum Gasteiger partial charge on any atom is -0.418 e. The fraction of sp³-hybridized carbons (Fsp3) is 0. The smallest absolute Gasteiger partial charge is 0.250 e. The molecule has 0 aliphatic carbocycles. The lowest BCUT2D eigenvalue weighted by atomic mass is 10.3. The van der Waals surface area contributed by atoms with E-state index in [9.17, 15) is 4.39 Å². The second kappa shape index (κ2) is 3.37. The minimum absolute atomic E-state index is 0.193. The van der Waals surface area contributed by atoms with Crippen LogP contribution in [0.4, 0.5) is 4.39 Å². The average Bonchev–Trinajstić information content (AvgIpc) is 2.73. The van der Waals surface area contributed by atoms with Crippen LogP contribution in [0.25, 0.3) is 22.7 Å². The molecule has 5 heteroatoms. The lowest BCUT2D eigenvalue weighted by molar-refractivity contribution is 0.559. The summed E-state index contributed by atoms with van der Waals surface area (Å²) >= 11 is 0. The van der Waals surface area contributed by atoms with Gasteiger partial charge in [0.2, 0.25) is 17.6 Å². The zero-order valence-corrected chi connectivity index (χ0v) is 8.09. The number of hydrogen-bond acceptors (Lipinski definition) is 4. The molecule has 0 spiro atoms. The van der Waals surface area contributed by atoms with Crippen molar-refractivity contribution in [2.75, 3.05) is 0 Å². The van der Waals surface area contributed by atoms with Crippen molar-refractivity contribution in [2.24, 2.45) is 0 Å². The van der Waals surface area contributed by atoms with Gasteiger partial charge in [0.25, 0.3) is 0 Å². The van der Waals surface area contributed by atoms with Crippen molar-refractivity contribution in [3.05, 3.63) is 42.6 Å². The molecule has 0 radical (unpaired) electrons. The Hall–Kier alpha value is -2.30. The summed E-state index contributed by atoms with van der Waals surface area (Å²) in [5.74, 6) is -0.192. The van der Waals surface area contributed by atoms with Crippen LogP contribution in [0, 0.1) is 5.95 Å². The molecule has 0 saturated carbocycles. The Morgan fingerprint density at radius 3 is 2.88 bits per heavy atom. The van der Waals surface area contributed by atoms with Crippen LogP contribution in [0.5, 0.6) is 0 Å². The molecule has 0 amide bonds. The summed E-state index contributed by atoms with van der Waals surface area (Å²) in [6.45, 7) is 0. The van der Waals surface area contributed by atoms with Gasteiger partial charge >= 0.3 is 0 Å². The number of oxazole rings is 1. The van der Waals surface area contributed by atoms with Crippen molar-refractivity contribution in [1.82, 2.24) is 15.0 Å². The highest BCUT2D eigenvalue weighted by atomic mass is 19.1. The maximum atomic E-state index is 12.8. The Kier molecular flexibility index (Phi) is 1.89. The van der Waals surface area contributed by atoms with Crippen LogP contribution in [-0.2, 0) is 0 Å². The van der Waals surface area contributed by atoms with Gasteiger partial charge in [0, 0.05) is 12.4 Å². The summed E-state index contributed by atoms with van der Waals surface area (Å²) in [7, 11) is 0. The topological polar surface area (TPSA) is 51.8 Å². The fourth-order valence-electron chi connectivity index (χ4n) is 1.41. The zero-order valence-electron chi connectivity index (χ0n) is 8.09. The second-order valence-corrected chi connectivity index (χ2v) is 3.22. The molecule has 0 N–H and O–H groups in total. The van der Waals surface area contributed by atoms with Crippen LogP contribution in [-0.4, -0.2) is 15.0 Å². The van der Waals surface area contributed by atoms with Gasteiger partial charge in [-0.1, -0.05) is 0 Å². The average molecular weight is 215 g/mol. The molecule has 0 fully saturated rings. The first kappa shape index (κ1) is 8.96. The van der Waals surface area contributed by atoms with Gasteiger partial charge in [-0.15, -0.1) is 0 Å². The standard InChI is InChI=1S/C11H6FN3O/c12-9-4-3-8-11(15-9)16-10(14-8)7-2-1-5-13-6-7/h1-6H. The van der Waals surface area contributed by atoms with Crippen LogP contribution in [0.15, 0.2) is 41.1 Å². The van der Waals surface area contributed by atoms with Crippen LogP contribution in [0.1, 0.15) is 0 Å². The van der Waals surface area contributed by atoms with Crippen molar-refractivity contribution < 1.29 is 8.81 Å². The molecule has 0 aromatic carbocycles. The highest BCUT2D eigenvalue weighted by Gasteiger charge is 2.09. The molecule has 4 nitrogen and oxygen atoms in total. The number of aromatic nitrogens is 3. The van der Waals surface area contributed by atoms with Gasteiger partial charge in [0.15, 0.2) is 0 Å². The molecule has 3 aromatic rings. The van der Waals surface area contributed by atoms with E-state index in [0.29, 0.717) is 11.4 Å². The van der Waals surface area contributed by atoms with E-state index in [-0.39, 0.29) is 5.71 Å². The molecular formula is C11H6FN3O. The molecule has 0 saturated heterocycles. The minimum atomic E-state index is -0.582. The molecule has 0 unspecified atom stereocenters. The maximum Gasteiger partial charge on any atom is 0.250 e. The first-order valence-corrected chi connectivity index (χ1v) is 4.66. The van der Waals surface area contributed by atoms with Crippen LogP contribution < -0.4 is 0 Å². The predicted octanol–water partition coefficient (Wildman–Crippen LogP) is 2.42. The van der Waals surface area contributed by atoms with E-state index < -0.39 is 5.95 Å². The van der Waals surface area contributed by atoms with Gasteiger partial charge < -0.3 is 4.42 Å². The van der Waals surface area contributed by atoms with Crippen LogP contribution in [0.2, 0.25) is 0 Å². The highest BCUT2D eigenvalue weighted by molar-refractivity contribution is 5.71. The summed E-state index contributed by atoms with van der Waals surface area (Å²) in [6.07, 6.45) is 3.28. The predicted molar refractivity (Wildman–Crippen MR) is 55.0 cm³/mol. The molecule has 78 valence electrons. The lowest BCUT2D eigenvalue weighted by Gasteiger charge is -1.90. The number of hydrogen-bond donors (Lipinski definition) is 0. The number of rotatable bonds is 1. The molecule has 0 aliphatic heterocycles. The third kappa shape index (κ3) is 1.42. The number of fused-ring (bicyclic) bond motifs is 1. The third-order valence-electron chi connectivity index (χ3n) is 2.13. The monoisotopic (exact) mass is 215 g/mol. The van der Waals surface area contributed by atoms with E-state index in [1.165, 1.54) is 12.1 Å². The normalized spacial score (nSPS) is 10.8. The van der Waals surface area contributed by atoms with Crippen LogP contribution in [0.3, 0.4) is 0 Å². The van der Waals surface area contributed by atoms with E-state index in [0.717, 1.165) is 5.56 Å². The molecule has 3 aromatic heterocycles. The van der Waals surface area contributed by atoms with Crippen molar-refractivity contribution in [3.63, 3.8) is 0 Å². The SMILES string of the molecule is Fc1ccc2nc(-c3cccnc3)oc2n1. The van der Waals surface area contributed by atoms with Crippen molar-refractivity contribution >= 4 is 11.2 Å². The summed E-state index contributed by atoms with van der Waals surface area (Å²) in [6, 6.07) is 6.37. The van der Waals surface area contributed by atoms with E-state index in [4.69, 9.17) is 4.42 Å². The summed E-state index contributed by atoms with van der Waals surface area (Å²) in [5.41, 5.74) is 1.46. The van der Waals surface area contributed by atoms with E-state index >= 15 is 0 Å². The summed E-state index contributed by atoms with van der Waals surface area (Å²) < 4.78 is 18.2.